The monoisotopic (exact) mass is 438 g/mol. The smallest absolute Gasteiger partial charge is 0.341 e. The van der Waals surface area contributed by atoms with Crippen LogP contribution in [0.25, 0.3) is 5.57 Å². The minimum atomic E-state index is -1.03. The molecular formula is C25H23ClO3S. The molecule has 0 spiro atoms. The first kappa shape index (κ1) is 22.0. The maximum Gasteiger partial charge on any atom is 0.341 e. The zero-order chi connectivity index (χ0) is 21.3. The molecule has 0 atom stereocenters. The molecule has 1 N–H and O–H groups in total. The number of halogens is 1. The molecule has 0 aliphatic rings. The first-order valence-corrected chi connectivity index (χ1v) is 11.0. The molecule has 3 aromatic rings. The van der Waals surface area contributed by atoms with Crippen molar-refractivity contribution in [3.05, 3.63) is 101 Å². The van der Waals surface area contributed by atoms with Gasteiger partial charge in [0.05, 0.1) is 5.02 Å². The Kier molecular flexibility index (Phi) is 8.00. The number of aryl methyl sites for hydroxylation is 1. The third-order valence-electron chi connectivity index (χ3n) is 4.55. The van der Waals surface area contributed by atoms with Crippen molar-refractivity contribution in [1.82, 2.24) is 0 Å². The van der Waals surface area contributed by atoms with Crippen molar-refractivity contribution in [2.45, 2.75) is 18.2 Å². The van der Waals surface area contributed by atoms with Gasteiger partial charge in [0.2, 0.25) is 0 Å². The molecule has 3 rings (SSSR count). The summed E-state index contributed by atoms with van der Waals surface area (Å²) in [5.74, 6) is 0.112. The van der Waals surface area contributed by atoms with Gasteiger partial charge in [0, 0.05) is 10.6 Å². The van der Waals surface area contributed by atoms with Gasteiger partial charge in [0.1, 0.15) is 5.75 Å². The molecule has 0 amide bonds. The zero-order valence-corrected chi connectivity index (χ0v) is 18.2. The molecule has 0 saturated carbocycles. The minimum Gasteiger partial charge on any atom is -0.480 e. The zero-order valence-electron chi connectivity index (χ0n) is 16.7. The van der Waals surface area contributed by atoms with E-state index < -0.39 is 12.6 Å². The van der Waals surface area contributed by atoms with Crippen LogP contribution in [0.4, 0.5) is 0 Å². The van der Waals surface area contributed by atoms with Crippen LogP contribution in [-0.4, -0.2) is 23.4 Å². The van der Waals surface area contributed by atoms with Gasteiger partial charge in [0.25, 0.3) is 0 Å². The highest BCUT2D eigenvalue weighted by Crippen LogP contribution is 2.31. The fourth-order valence-corrected chi connectivity index (χ4v) is 4.10. The van der Waals surface area contributed by atoms with Crippen LogP contribution in [-0.2, 0) is 11.2 Å². The van der Waals surface area contributed by atoms with E-state index in [0.29, 0.717) is 10.8 Å². The van der Waals surface area contributed by atoms with Crippen molar-refractivity contribution in [1.29, 1.82) is 0 Å². The lowest BCUT2D eigenvalue weighted by Gasteiger charge is -2.10. The molecule has 0 fully saturated rings. The molecule has 0 aliphatic carbocycles. The van der Waals surface area contributed by atoms with Gasteiger partial charge in [-0.05, 0) is 46.9 Å². The van der Waals surface area contributed by atoms with Crippen LogP contribution in [0.5, 0.6) is 5.75 Å². The second-order valence-electron chi connectivity index (χ2n) is 6.62. The van der Waals surface area contributed by atoms with Crippen LogP contribution < -0.4 is 4.74 Å². The van der Waals surface area contributed by atoms with E-state index >= 15 is 0 Å². The minimum absolute atomic E-state index is 0.375. The lowest BCUT2D eigenvalue weighted by atomic mass is 9.96. The molecule has 30 heavy (non-hydrogen) atoms. The second kappa shape index (κ2) is 10.9. The summed E-state index contributed by atoms with van der Waals surface area (Å²) in [6.45, 7) is 1.74. The van der Waals surface area contributed by atoms with Crippen LogP contribution in [0.3, 0.4) is 0 Å². The SMILES string of the molecule is CCc1ccc(/C(=C\CSc2ccc(OCC(=O)O)c(Cl)c2)c2ccccc2)cc1. The van der Waals surface area contributed by atoms with Gasteiger partial charge >= 0.3 is 5.97 Å². The van der Waals surface area contributed by atoms with Crippen molar-refractivity contribution >= 4 is 34.9 Å². The van der Waals surface area contributed by atoms with E-state index in [2.05, 4.69) is 49.4 Å². The number of benzene rings is 3. The van der Waals surface area contributed by atoms with Gasteiger partial charge in [0.15, 0.2) is 6.61 Å². The van der Waals surface area contributed by atoms with Gasteiger partial charge in [-0.1, -0.05) is 79.2 Å². The molecule has 0 radical (unpaired) electrons. The van der Waals surface area contributed by atoms with Crippen molar-refractivity contribution < 1.29 is 14.6 Å². The van der Waals surface area contributed by atoms with Gasteiger partial charge in [-0.2, -0.15) is 0 Å². The topological polar surface area (TPSA) is 46.5 Å². The van der Waals surface area contributed by atoms with Crippen LogP contribution in [0.1, 0.15) is 23.6 Å². The van der Waals surface area contributed by atoms with Gasteiger partial charge in [-0.25, -0.2) is 4.79 Å². The fraction of sp³-hybridized carbons (Fsp3) is 0.160. The summed E-state index contributed by atoms with van der Waals surface area (Å²) in [7, 11) is 0. The molecule has 3 aromatic carbocycles. The van der Waals surface area contributed by atoms with E-state index in [4.69, 9.17) is 21.4 Å². The van der Waals surface area contributed by atoms with Gasteiger partial charge < -0.3 is 9.84 Å². The predicted octanol–water partition coefficient (Wildman–Crippen LogP) is 6.59. The van der Waals surface area contributed by atoms with Crippen LogP contribution in [0.15, 0.2) is 83.8 Å². The lowest BCUT2D eigenvalue weighted by molar-refractivity contribution is -0.139. The maximum atomic E-state index is 10.6. The lowest BCUT2D eigenvalue weighted by Crippen LogP contribution is -2.09. The summed E-state index contributed by atoms with van der Waals surface area (Å²) >= 11 is 7.89. The molecule has 5 heteroatoms. The normalized spacial score (nSPS) is 11.3. The van der Waals surface area contributed by atoms with Gasteiger partial charge in [-0.3, -0.25) is 0 Å². The summed E-state index contributed by atoms with van der Waals surface area (Å²) < 4.78 is 5.18. The number of carboxylic acids is 1. The Labute approximate surface area is 186 Å². The van der Waals surface area contributed by atoms with Crippen LogP contribution in [0, 0.1) is 0 Å². The molecule has 0 unspecified atom stereocenters. The number of carbonyl (C=O) groups is 1. The number of carboxylic acid groups (broad SMARTS) is 1. The third kappa shape index (κ3) is 6.15. The highest BCUT2D eigenvalue weighted by atomic mass is 35.5. The average molecular weight is 439 g/mol. The molecule has 3 nitrogen and oxygen atoms in total. The number of ether oxygens (including phenoxy) is 1. The van der Waals surface area contributed by atoms with E-state index in [9.17, 15) is 4.79 Å². The van der Waals surface area contributed by atoms with Crippen LogP contribution >= 0.6 is 23.4 Å². The first-order valence-electron chi connectivity index (χ1n) is 9.68. The van der Waals surface area contributed by atoms with E-state index in [1.165, 1.54) is 22.3 Å². The highest BCUT2D eigenvalue weighted by Gasteiger charge is 2.07. The molecule has 0 bridgehead atoms. The Hall–Kier alpha value is -2.69. The average Bonchev–Trinajstić information content (AvgIpc) is 2.77. The molecule has 0 saturated heterocycles. The summed E-state index contributed by atoms with van der Waals surface area (Å²) in [6, 6.07) is 24.5. The number of rotatable bonds is 9. The maximum absolute atomic E-state index is 10.6. The first-order chi connectivity index (χ1) is 14.6. The molecule has 0 aliphatic heterocycles. The Balaban J connectivity index is 1.76. The molecule has 154 valence electrons. The predicted molar refractivity (Wildman–Crippen MR) is 125 cm³/mol. The quantitative estimate of drug-likeness (QED) is 0.383. The Bertz CT molecular complexity index is 1010. The second-order valence-corrected chi connectivity index (χ2v) is 8.12. The van der Waals surface area contributed by atoms with Crippen molar-refractivity contribution in [3.63, 3.8) is 0 Å². The summed E-state index contributed by atoms with van der Waals surface area (Å²) in [5, 5.41) is 9.13. The van der Waals surface area contributed by atoms with E-state index in [-0.39, 0.29) is 0 Å². The number of aliphatic carboxylic acids is 1. The highest BCUT2D eigenvalue weighted by molar-refractivity contribution is 7.99. The fourth-order valence-electron chi connectivity index (χ4n) is 2.99. The summed E-state index contributed by atoms with van der Waals surface area (Å²) in [4.78, 5) is 11.6. The number of hydrogen-bond donors (Lipinski definition) is 1. The number of hydrogen-bond acceptors (Lipinski definition) is 3. The number of thioether (sulfide) groups is 1. The van der Waals surface area contributed by atoms with Crippen molar-refractivity contribution in [2.75, 3.05) is 12.4 Å². The third-order valence-corrected chi connectivity index (χ3v) is 5.77. The Morgan fingerprint density at radius 3 is 2.37 bits per heavy atom. The molecule has 0 aromatic heterocycles. The van der Waals surface area contributed by atoms with E-state index in [0.717, 1.165) is 17.1 Å². The van der Waals surface area contributed by atoms with Crippen LogP contribution in [0.2, 0.25) is 5.02 Å². The largest absolute Gasteiger partial charge is 0.480 e. The summed E-state index contributed by atoms with van der Waals surface area (Å²) in [5.41, 5.74) is 4.88. The molecular weight excluding hydrogens is 416 g/mol. The summed E-state index contributed by atoms with van der Waals surface area (Å²) in [6.07, 6.45) is 3.25. The van der Waals surface area contributed by atoms with Gasteiger partial charge in [-0.15, -0.1) is 11.8 Å². The van der Waals surface area contributed by atoms with Crippen molar-refractivity contribution in [2.24, 2.45) is 0 Å². The molecule has 0 heterocycles. The van der Waals surface area contributed by atoms with Crippen molar-refractivity contribution in [3.8, 4) is 5.75 Å². The Morgan fingerprint density at radius 1 is 1.03 bits per heavy atom. The van der Waals surface area contributed by atoms with E-state index in [1.54, 1.807) is 23.9 Å². The standard InChI is InChI=1S/C25H23ClO3S/c1-2-18-8-10-20(11-9-18)22(19-6-4-3-5-7-19)14-15-30-21-12-13-24(23(26)16-21)29-17-25(27)28/h3-14,16H,2,15,17H2,1H3,(H,27,28)/b22-14-. The van der Waals surface area contributed by atoms with E-state index in [1.807, 2.05) is 24.3 Å². The Morgan fingerprint density at radius 2 is 1.73 bits per heavy atom.